The Morgan fingerprint density at radius 2 is 1.76 bits per heavy atom. The number of halogens is 1. The molecule has 0 amide bonds. The molecule has 0 N–H and O–H groups in total. The maximum Gasteiger partial charge on any atom is 0.250 e. The van der Waals surface area contributed by atoms with E-state index in [1.165, 1.54) is 5.56 Å². The molecule has 1 saturated carbocycles. The highest BCUT2D eigenvalue weighted by Gasteiger charge is 2.29. The quantitative estimate of drug-likeness (QED) is 0.427. The molecule has 1 heterocycles. The molecule has 174 valence electrons. The van der Waals surface area contributed by atoms with Crippen molar-refractivity contribution in [2.24, 2.45) is 11.8 Å². The van der Waals surface area contributed by atoms with Crippen molar-refractivity contribution in [3.8, 4) is 5.75 Å². The van der Waals surface area contributed by atoms with Crippen molar-refractivity contribution in [2.45, 2.75) is 38.1 Å². The SMILES string of the molecule is COc1ccc(Cc2noc(/C=C/C3CCC(C(c4ccc(F)cc4)N(C)C)CC3)n2)cc1. The summed E-state index contributed by atoms with van der Waals surface area (Å²) in [5, 5.41) is 4.11. The molecule has 3 aromatic rings. The summed E-state index contributed by atoms with van der Waals surface area (Å²) < 4.78 is 24.0. The van der Waals surface area contributed by atoms with Gasteiger partial charge in [0.15, 0.2) is 5.82 Å². The Morgan fingerprint density at radius 1 is 1.06 bits per heavy atom. The number of hydrogen-bond acceptors (Lipinski definition) is 5. The van der Waals surface area contributed by atoms with Gasteiger partial charge in [-0.05, 0) is 93.1 Å². The van der Waals surface area contributed by atoms with E-state index in [-0.39, 0.29) is 5.82 Å². The molecule has 0 bridgehead atoms. The highest BCUT2D eigenvalue weighted by Crippen LogP contribution is 2.39. The van der Waals surface area contributed by atoms with Gasteiger partial charge in [0.25, 0.3) is 0 Å². The predicted molar refractivity (Wildman–Crippen MR) is 127 cm³/mol. The molecule has 33 heavy (non-hydrogen) atoms. The third-order valence-electron chi connectivity index (χ3n) is 6.55. The molecule has 1 unspecified atom stereocenters. The first-order valence-electron chi connectivity index (χ1n) is 11.6. The van der Waals surface area contributed by atoms with Gasteiger partial charge in [-0.1, -0.05) is 35.5 Å². The number of hydrogen-bond donors (Lipinski definition) is 0. The number of methoxy groups -OCH3 is 1. The van der Waals surface area contributed by atoms with Crippen LogP contribution < -0.4 is 4.74 Å². The van der Waals surface area contributed by atoms with E-state index < -0.39 is 0 Å². The Hall–Kier alpha value is -2.99. The molecule has 5 nitrogen and oxygen atoms in total. The van der Waals surface area contributed by atoms with Gasteiger partial charge in [-0.3, -0.25) is 0 Å². The van der Waals surface area contributed by atoms with Crippen LogP contribution in [0.3, 0.4) is 0 Å². The van der Waals surface area contributed by atoms with E-state index in [1.54, 1.807) is 19.2 Å². The summed E-state index contributed by atoms with van der Waals surface area (Å²) in [7, 11) is 5.88. The van der Waals surface area contributed by atoms with Crippen LogP contribution in [-0.4, -0.2) is 36.2 Å². The lowest BCUT2D eigenvalue weighted by molar-refractivity contribution is 0.159. The minimum absolute atomic E-state index is 0.182. The summed E-state index contributed by atoms with van der Waals surface area (Å²) in [6.45, 7) is 0. The van der Waals surface area contributed by atoms with E-state index in [1.807, 2.05) is 42.5 Å². The first kappa shape index (κ1) is 23.2. The van der Waals surface area contributed by atoms with Crippen molar-refractivity contribution in [1.82, 2.24) is 15.0 Å². The van der Waals surface area contributed by atoms with Gasteiger partial charge < -0.3 is 14.2 Å². The Bertz CT molecular complexity index is 1040. The molecule has 4 rings (SSSR count). The van der Waals surface area contributed by atoms with Crippen molar-refractivity contribution in [3.05, 3.63) is 83.3 Å². The minimum atomic E-state index is -0.182. The Labute approximate surface area is 195 Å². The Balaban J connectivity index is 1.31. The lowest BCUT2D eigenvalue weighted by Crippen LogP contribution is -2.30. The molecule has 1 atom stereocenters. The molecule has 2 aromatic carbocycles. The van der Waals surface area contributed by atoms with E-state index in [9.17, 15) is 4.39 Å². The third kappa shape index (κ3) is 6.08. The van der Waals surface area contributed by atoms with Crippen molar-refractivity contribution >= 4 is 6.08 Å². The maximum atomic E-state index is 13.4. The zero-order valence-corrected chi connectivity index (χ0v) is 19.6. The topological polar surface area (TPSA) is 51.4 Å². The molecule has 1 aliphatic carbocycles. The fourth-order valence-electron chi connectivity index (χ4n) is 4.86. The molecule has 0 saturated heterocycles. The van der Waals surface area contributed by atoms with Crippen LogP contribution in [0.15, 0.2) is 59.1 Å². The highest BCUT2D eigenvalue weighted by atomic mass is 19.1. The van der Waals surface area contributed by atoms with Gasteiger partial charge in [-0.2, -0.15) is 4.98 Å². The van der Waals surface area contributed by atoms with Gasteiger partial charge in [0, 0.05) is 12.5 Å². The van der Waals surface area contributed by atoms with Crippen molar-refractivity contribution < 1.29 is 13.7 Å². The third-order valence-corrected chi connectivity index (χ3v) is 6.55. The smallest absolute Gasteiger partial charge is 0.250 e. The lowest BCUT2D eigenvalue weighted by atomic mass is 9.76. The maximum absolute atomic E-state index is 13.4. The second-order valence-corrected chi connectivity index (χ2v) is 9.07. The normalized spacial score (nSPS) is 19.8. The number of benzene rings is 2. The molecule has 1 aliphatic rings. The second-order valence-electron chi connectivity index (χ2n) is 9.07. The average molecular weight is 450 g/mol. The van der Waals surface area contributed by atoms with Gasteiger partial charge in [0.2, 0.25) is 5.89 Å². The van der Waals surface area contributed by atoms with Crippen LogP contribution in [0, 0.1) is 17.7 Å². The lowest BCUT2D eigenvalue weighted by Gasteiger charge is -2.37. The fraction of sp³-hybridized carbons (Fsp3) is 0.407. The van der Waals surface area contributed by atoms with E-state index in [0.29, 0.717) is 36.0 Å². The molecule has 6 heteroatoms. The van der Waals surface area contributed by atoms with Crippen LogP contribution in [0.1, 0.15) is 54.6 Å². The van der Waals surface area contributed by atoms with Crippen LogP contribution in [0.5, 0.6) is 5.75 Å². The molecule has 1 fully saturated rings. The molecule has 0 radical (unpaired) electrons. The van der Waals surface area contributed by atoms with Gasteiger partial charge in [0.05, 0.1) is 7.11 Å². The summed E-state index contributed by atoms with van der Waals surface area (Å²) in [5.74, 6) is 2.96. The number of allylic oxidation sites excluding steroid dienone is 1. The minimum Gasteiger partial charge on any atom is -0.497 e. The molecule has 0 spiro atoms. The van der Waals surface area contributed by atoms with E-state index in [4.69, 9.17) is 9.26 Å². The summed E-state index contributed by atoms with van der Waals surface area (Å²) >= 11 is 0. The van der Waals surface area contributed by atoms with Gasteiger partial charge >= 0.3 is 0 Å². The molecular formula is C27H32FN3O2. The molecular weight excluding hydrogens is 417 g/mol. The fourth-order valence-corrected chi connectivity index (χ4v) is 4.86. The van der Waals surface area contributed by atoms with E-state index >= 15 is 0 Å². The molecule has 1 aromatic heterocycles. The summed E-state index contributed by atoms with van der Waals surface area (Å²) in [6.07, 6.45) is 9.33. The zero-order valence-electron chi connectivity index (χ0n) is 19.6. The van der Waals surface area contributed by atoms with Gasteiger partial charge in [0.1, 0.15) is 11.6 Å². The number of aromatic nitrogens is 2. The van der Waals surface area contributed by atoms with E-state index in [0.717, 1.165) is 37.0 Å². The van der Waals surface area contributed by atoms with Crippen molar-refractivity contribution in [3.63, 3.8) is 0 Å². The van der Waals surface area contributed by atoms with E-state index in [2.05, 4.69) is 35.2 Å². The Kier molecular flexibility index (Phi) is 7.55. The zero-order chi connectivity index (χ0) is 23.2. The molecule has 0 aliphatic heterocycles. The largest absolute Gasteiger partial charge is 0.497 e. The standard InChI is InChI=1S/C27H32FN3O2/c1-31(2)27(22-11-13-23(28)14-12-22)21-9-4-19(5-10-21)8-17-26-29-25(30-33-26)18-20-6-15-24(32-3)16-7-20/h6-8,11-17,19,21,27H,4-5,9-10,18H2,1-3H3/b17-8+. The summed E-state index contributed by atoms with van der Waals surface area (Å²) in [4.78, 5) is 6.77. The average Bonchev–Trinajstić information content (AvgIpc) is 3.27. The number of nitrogens with zero attached hydrogens (tertiary/aromatic N) is 3. The monoisotopic (exact) mass is 449 g/mol. The van der Waals surface area contributed by atoms with Crippen molar-refractivity contribution in [2.75, 3.05) is 21.2 Å². The van der Waals surface area contributed by atoms with Gasteiger partial charge in [-0.15, -0.1) is 0 Å². The number of ether oxygens (including phenoxy) is 1. The first-order valence-corrected chi connectivity index (χ1v) is 11.6. The first-order chi connectivity index (χ1) is 16.0. The van der Waals surface area contributed by atoms with Crippen LogP contribution in [0.4, 0.5) is 4.39 Å². The predicted octanol–water partition coefficient (Wildman–Crippen LogP) is 5.93. The van der Waals surface area contributed by atoms with Crippen LogP contribution in [0.25, 0.3) is 6.08 Å². The summed E-state index contributed by atoms with van der Waals surface area (Å²) in [6, 6.07) is 15.2. The Morgan fingerprint density at radius 3 is 2.39 bits per heavy atom. The van der Waals surface area contributed by atoms with Crippen LogP contribution in [0.2, 0.25) is 0 Å². The number of rotatable bonds is 8. The van der Waals surface area contributed by atoms with Crippen LogP contribution >= 0.6 is 0 Å². The summed E-state index contributed by atoms with van der Waals surface area (Å²) in [5.41, 5.74) is 2.30. The highest BCUT2D eigenvalue weighted by molar-refractivity contribution is 5.38. The van der Waals surface area contributed by atoms with Crippen LogP contribution in [-0.2, 0) is 6.42 Å². The second kappa shape index (κ2) is 10.8. The van der Waals surface area contributed by atoms with Gasteiger partial charge in [-0.25, -0.2) is 4.39 Å². The van der Waals surface area contributed by atoms with Crippen molar-refractivity contribution in [1.29, 1.82) is 0 Å².